The lowest BCUT2D eigenvalue weighted by Gasteiger charge is -2.33. The third-order valence-electron chi connectivity index (χ3n) is 5.07. The molecule has 3 nitrogen and oxygen atoms in total. The molecule has 1 aliphatic heterocycles. The van der Waals surface area contributed by atoms with E-state index < -0.39 is 7.44 Å². The van der Waals surface area contributed by atoms with Gasteiger partial charge in [-0.3, -0.25) is 4.57 Å². The minimum atomic E-state index is -2.65. The molecular formula is C21H29N2OP. The summed E-state index contributed by atoms with van der Waals surface area (Å²) in [6, 6.07) is 21.6. The van der Waals surface area contributed by atoms with E-state index in [0.29, 0.717) is 0 Å². The molecule has 2 atom stereocenters. The van der Waals surface area contributed by atoms with Gasteiger partial charge in [-0.2, -0.15) is 0 Å². The summed E-state index contributed by atoms with van der Waals surface area (Å²) in [6.07, 6.45) is 0. The van der Waals surface area contributed by atoms with Crippen LogP contribution in [0.25, 0.3) is 0 Å². The first-order chi connectivity index (χ1) is 11.9. The third kappa shape index (κ3) is 3.21. The van der Waals surface area contributed by atoms with Crippen molar-refractivity contribution in [3.05, 3.63) is 71.8 Å². The zero-order valence-corrected chi connectivity index (χ0v) is 16.7. The van der Waals surface area contributed by atoms with Crippen molar-refractivity contribution in [1.82, 2.24) is 9.34 Å². The maximum Gasteiger partial charge on any atom is 0.215 e. The largest absolute Gasteiger partial charge is 0.289 e. The standard InChI is InChI=1S/C21H29N2OP/c1-16(2)22-20(18-12-8-6-9-13-18)21(19-14-10-7-11-15-19)23(17(3)4)25(22,5)24/h6-17,20-21H,1-5H3/t20-,21-/m0/s1. The Labute approximate surface area is 152 Å². The van der Waals surface area contributed by atoms with Crippen LogP contribution >= 0.6 is 7.44 Å². The fourth-order valence-electron chi connectivity index (χ4n) is 4.34. The van der Waals surface area contributed by atoms with E-state index in [1.165, 1.54) is 11.1 Å². The van der Waals surface area contributed by atoms with Crippen molar-refractivity contribution in [2.24, 2.45) is 0 Å². The molecule has 4 heteroatoms. The van der Waals surface area contributed by atoms with E-state index in [0.717, 1.165) is 0 Å². The first kappa shape index (κ1) is 18.4. The van der Waals surface area contributed by atoms with Crippen molar-refractivity contribution >= 4 is 7.44 Å². The Hall–Kier alpha value is -1.41. The van der Waals surface area contributed by atoms with Crippen molar-refractivity contribution in [3.8, 4) is 0 Å². The van der Waals surface area contributed by atoms with Crippen molar-refractivity contribution in [1.29, 1.82) is 0 Å². The maximum atomic E-state index is 14.0. The predicted molar refractivity (Wildman–Crippen MR) is 106 cm³/mol. The number of hydrogen-bond donors (Lipinski definition) is 0. The Morgan fingerprint density at radius 1 is 0.720 bits per heavy atom. The molecule has 25 heavy (non-hydrogen) atoms. The summed E-state index contributed by atoms with van der Waals surface area (Å²) in [5, 5.41) is 0. The van der Waals surface area contributed by atoms with Crippen LogP contribution in [0, 0.1) is 0 Å². The van der Waals surface area contributed by atoms with E-state index >= 15 is 0 Å². The summed E-state index contributed by atoms with van der Waals surface area (Å²) < 4.78 is 18.5. The van der Waals surface area contributed by atoms with Crippen LogP contribution in [0.5, 0.6) is 0 Å². The molecule has 3 rings (SSSR count). The highest BCUT2D eigenvalue weighted by Gasteiger charge is 2.54. The van der Waals surface area contributed by atoms with Gasteiger partial charge < -0.3 is 0 Å². The molecule has 1 heterocycles. The molecule has 0 saturated carbocycles. The molecule has 0 N–H and O–H groups in total. The molecule has 0 unspecified atom stereocenters. The summed E-state index contributed by atoms with van der Waals surface area (Å²) >= 11 is 0. The van der Waals surface area contributed by atoms with Gasteiger partial charge in [-0.25, -0.2) is 9.34 Å². The summed E-state index contributed by atoms with van der Waals surface area (Å²) in [7, 11) is -2.65. The molecule has 0 bridgehead atoms. The van der Waals surface area contributed by atoms with Gasteiger partial charge in [-0.1, -0.05) is 60.7 Å². The average molecular weight is 356 g/mol. The molecule has 1 saturated heterocycles. The van der Waals surface area contributed by atoms with Gasteiger partial charge in [-0.05, 0) is 38.8 Å². The Balaban J connectivity index is 2.23. The van der Waals surface area contributed by atoms with Gasteiger partial charge in [0.25, 0.3) is 0 Å². The van der Waals surface area contributed by atoms with Crippen LogP contribution in [0.15, 0.2) is 60.7 Å². The van der Waals surface area contributed by atoms with E-state index in [1.807, 2.05) is 18.8 Å². The van der Waals surface area contributed by atoms with E-state index in [1.54, 1.807) is 0 Å². The Kier molecular flexibility index (Phi) is 5.20. The summed E-state index contributed by atoms with van der Waals surface area (Å²) in [6.45, 7) is 10.5. The highest BCUT2D eigenvalue weighted by molar-refractivity contribution is 7.58. The lowest BCUT2D eigenvalue weighted by Crippen LogP contribution is -2.29. The van der Waals surface area contributed by atoms with Crippen molar-refractivity contribution in [2.45, 2.75) is 51.9 Å². The van der Waals surface area contributed by atoms with E-state index in [9.17, 15) is 4.57 Å². The average Bonchev–Trinajstić information content (AvgIpc) is 2.84. The summed E-state index contributed by atoms with van der Waals surface area (Å²) in [4.78, 5) is 0. The lowest BCUT2D eigenvalue weighted by molar-refractivity contribution is 0.227. The first-order valence-electron chi connectivity index (χ1n) is 9.10. The minimum Gasteiger partial charge on any atom is -0.289 e. The molecule has 0 radical (unpaired) electrons. The number of nitrogens with zero attached hydrogens (tertiary/aromatic N) is 2. The van der Waals surface area contributed by atoms with E-state index in [4.69, 9.17) is 0 Å². The van der Waals surface area contributed by atoms with E-state index in [2.05, 4.69) is 85.6 Å². The normalized spacial score (nSPS) is 24.3. The minimum absolute atomic E-state index is 0.0850. The van der Waals surface area contributed by atoms with Crippen molar-refractivity contribution in [2.75, 3.05) is 6.66 Å². The molecule has 134 valence electrons. The highest BCUT2D eigenvalue weighted by atomic mass is 31.2. The fraction of sp³-hybridized carbons (Fsp3) is 0.429. The van der Waals surface area contributed by atoms with Crippen LogP contribution in [0.3, 0.4) is 0 Å². The smallest absolute Gasteiger partial charge is 0.215 e. The van der Waals surface area contributed by atoms with Crippen LogP contribution in [-0.2, 0) is 4.57 Å². The SMILES string of the molecule is CC(C)N1[C@@H](c2ccccc2)[C@H](c2ccccc2)N(C(C)C)P1(C)=O. The molecule has 1 fully saturated rings. The monoisotopic (exact) mass is 356 g/mol. The molecule has 0 aliphatic carbocycles. The van der Waals surface area contributed by atoms with Gasteiger partial charge in [0.2, 0.25) is 7.44 Å². The van der Waals surface area contributed by atoms with E-state index in [-0.39, 0.29) is 24.2 Å². The molecule has 1 aliphatic rings. The summed E-state index contributed by atoms with van der Waals surface area (Å²) in [5.41, 5.74) is 2.46. The molecule has 2 aromatic rings. The van der Waals surface area contributed by atoms with Crippen LogP contribution in [0.1, 0.15) is 50.9 Å². The molecule has 0 amide bonds. The van der Waals surface area contributed by atoms with Gasteiger partial charge in [0.05, 0.1) is 12.1 Å². The summed E-state index contributed by atoms with van der Waals surface area (Å²) in [5.74, 6) is 0. The molecule has 2 aromatic carbocycles. The van der Waals surface area contributed by atoms with Crippen LogP contribution < -0.4 is 0 Å². The topological polar surface area (TPSA) is 23.6 Å². The highest BCUT2D eigenvalue weighted by Crippen LogP contribution is 2.69. The van der Waals surface area contributed by atoms with Crippen molar-refractivity contribution < 1.29 is 4.57 Å². The zero-order chi connectivity index (χ0) is 18.2. The number of benzene rings is 2. The van der Waals surface area contributed by atoms with Gasteiger partial charge in [0, 0.05) is 18.7 Å². The third-order valence-corrected chi connectivity index (χ3v) is 8.20. The van der Waals surface area contributed by atoms with Gasteiger partial charge >= 0.3 is 0 Å². The van der Waals surface area contributed by atoms with Gasteiger partial charge in [0.1, 0.15) is 0 Å². The van der Waals surface area contributed by atoms with Crippen LogP contribution in [0.2, 0.25) is 0 Å². The second-order valence-corrected chi connectivity index (χ2v) is 10.1. The second kappa shape index (κ2) is 7.07. The lowest BCUT2D eigenvalue weighted by atomic mass is 9.92. The molecule has 0 aromatic heterocycles. The first-order valence-corrected chi connectivity index (χ1v) is 11.2. The fourth-order valence-corrected chi connectivity index (χ4v) is 7.74. The zero-order valence-electron chi connectivity index (χ0n) is 15.8. The number of hydrogen-bond acceptors (Lipinski definition) is 1. The second-order valence-electron chi connectivity index (χ2n) is 7.49. The predicted octanol–water partition coefficient (Wildman–Crippen LogP) is 5.73. The molecule has 0 spiro atoms. The maximum absolute atomic E-state index is 14.0. The Bertz CT molecular complexity index is 684. The van der Waals surface area contributed by atoms with Gasteiger partial charge in [0.15, 0.2) is 0 Å². The van der Waals surface area contributed by atoms with Crippen molar-refractivity contribution in [3.63, 3.8) is 0 Å². The molecular weight excluding hydrogens is 327 g/mol. The Morgan fingerprint density at radius 3 is 1.32 bits per heavy atom. The van der Waals surface area contributed by atoms with Crippen LogP contribution in [-0.4, -0.2) is 28.1 Å². The van der Waals surface area contributed by atoms with Gasteiger partial charge in [-0.15, -0.1) is 0 Å². The van der Waals surface area contributed by atoms with Crippen LogP contribution in [0.4, 0.5) is 0 Å². The Morgan fingerprint density at radius 2 is 1.04 bits per heavy atom. The quantitative estimate of drug-likeness (QED) is 0.654. The number of rotatable bonds is 4.